The van der Waals surface area contributed by atoms with Crippen molar-refractivity contribution in [2.24, 2.45) is 0 Å². The van der Waals surface area contributed by atoms with Crippen molar-refractivity contribution in [3.8, 4) is 11.5 Å². The van der Waals surface area contributed by atoms with Gasteiger partial charge in [-0.05, 0) is 49.6 Å². The number of fused-ring (bicyclic) bond motifs is 2. The third kappa shape index (κ3) is 6.37. The quantitative estimate of drug-likeness (QED) is 0.143. The predicted octanol–water partition coefficient (Wildman–Crippen LogP) is 4.59. The Morgan fingerprint density at radius 1 is 1.00 bits per heavy atom. The van der Waals surface area contributed by atoms with Gasteiger partial charge < -0.3 is 23.9 Å². The lowest BCUT2D eigenvalue weighted by atomic mass is 10.2. The largest absolute Gasteiger partial charge is 0.490 e. The Morgan fingerprint density at radius 2 is 1.86 bits per heavy atom. The van der Waals surface area contributed by atoms with Crippen LogP contribution in [0.4, 0.5) is 11.5 Å². The number of benzene rings is 2. The topological polar surface area (TPSA) is 128 Å². The van der Waals surface area contributed by atoms with Gasteiger partial charge in [-0.3, -0.25) is 10.0 Å². The number of aromatic nitrogens is 2. The van der Waals surface area contributed by atoms with Gasteiger partial charge in [0.25, 0.3) is 0 Å². The zero-order valence-corrected chi connectivity index (χ0v) is 19.5. The summed E-state index contributed by atoms with van der Waals surface area (Å²) < 4.78 is 22.5. The molecule has 0 saturated heterocycles. The Hall–Kier alpha value is -3.89. The fourth-order valence-electron chi connectivity index (χ4n) is 3.61. The van der Waals surface area contributed by atoms with Gasteiger partial charge in [0.2, 0.25) is 5.91 Å². The number of methoxy groups -OCH3 is 1. The van der Waals surface area contributed by atoms with Crippen LogP contribution in [0, 0.1) is 0 Å². The lowest BCUT2D eigenvalue weighted by molar-refractivity contribution is -0.129. The summed E-state index contributed by atoms with van der Waals surface area (Å²) in [5.41, 5.74) is 4.03. The smallest absolute Gasteiger partial charge is 0.243 e. The van der Waals surface area contributed by atoms with Crippen LogP contribution in [0.25, 0.3) is 21.9 Å². The van der Waals surface area contributed by atoms with Crippen molar-refractivity contribution in [3.05, 3.63) is 49.0 Å². The number of anilines is 2. The fraction of sp³-hybridized carbons (Fsp3) is 0.320. The van der Waals surface area contributed by atoms with Crippen molar-refractivity contribution < 1.29 is 28.6 Å². The van der Waals surface area contributed by atoms with Crippen molar-refractivity contribution >= 4 is 39.3 Å². The number of rotatable bonds is 13. The maximum Gasteiger partial charge on any atom is 0.243 e. The Labute approximate surface area is 202 Å². The minimum Gasteiger partial charge on any atom is -0.490 e. The molecule has 0 radical (unpaired) electrons. The summed E-state index contributed by atoms with van der Waals surface area (Å²) in [6, 6.07) is 11.4. The van der Waals surface area contributed by atoms with E-state index < -0.39 is 0 Å². The summed E-state index contributed by atoms with van der Waals surface area (Å²) in [5, 5.41) is 13.7. The summed E-state index contributed by atoms with van der Waals surface area (Å²) in [4.78, 5) is 20.0. The molecule has 0 unspecified atom stereocenters. The van der Waals surface area contributed by atoms with Gasteiger partial charge in [0, 0.05) is 36.1 Å². The molecule has 0 spiro atoms. The van der Waals surface area contributed by atoms with Crippen LogP contribution in [0.2, 0.25) is 0 Å². The van der Waals surface area contributed by atoms with Gasteiger partial charge in [-0.1, -0.05) is 0 Å². The van der Waals surface area contributed by atoms with E-state index in [1.54, 1.807) is 18.9 Å². The van der Waals surface area contributed by atoms with Crippen molar-refractivity contribution in [1.82, 2.24) is 15.4 Å². The Morgan fingerprint density at radius 3 is 2.71 bits per heavy atom. The molecule has 184 valence electrons. The summed E-state index contributed by atoms with van der Waals surface area (Å²) in [7, 11) is 1.62. The number of hydrogen-bond donors (Lipinski definition) is 3. The van der Waals surface area contributed by atoms with Crippen LogP contribution >= 0.6 is 0 Å². The molecule has 10 nitrogen and oxygen atoms in total. The van der Waals surface area contributed by atoms with Gasteiger partial charge in [0.05, 0.1) is 25.0 Å². The number of amides is 1. The first-order chi connectivity index (χ1) is 17.2. The van der Waals surface area contributed by atoms with E-state index in [1.807, 2.05) is 36.4 Å². The van der Waals surface area contributed by atoms with E-state index in [0.717, 1.165) is 34.9 Å². The van der Waals surface area contributed by atoms with Crippen LogP contribution in [-0.4, -0.2) is 48.0 Å². The highest BCUT2D eigenvalue weighted by Gasteiger charge is 2.13. The standard InChI is InChI=1S/C25H28N4O6/c1-32-11-12-35-23-15-20-19(14-22(23)33-9-4-2-3-5-24(30)29-31)25(27-16-26-20)28-18-6-7-21-17(13-18)8-10-34-21/h6-8,10,13-16,31H,2-5,9,11-12H2,1H3,(H,29,30)(H,26,27,28). The third-order valence-corrected chi connectivity index (χ3v) is 5.39. The molecule has 0 aliphatic rings. The van der Waals surface area contributed by atoms with E-state index in [9.17, 15) is 4.79 Å². The number of nitrogens with zero attached hydrogens (tertiary/aromatic N) is 2. The maximum atomic E-state index is 11.1. The van der Waals surface area contributed by atoms with Crippen LogP contribution in [-0.2, 0) is 9.53 Å². The van der Waals surface area contributed by atoms with Crippen molar-refractivity contribution in [1.29, 1.82) is 0 Å². The second-order valence-corrected chi connectivity index (χ2v) is 7.87. The molecule has 2 aromatic heterocycles. The van der Waals surface area contributed by atoms with Gasteiger partial charge in [0.15, 0.2) is 11.5 Å². The predicted molar refractivity (Wildman–Crippen MR) is 130 cm³/mol. The molecule has 10 heteroatoms. The van der Waals surface area contributed by atoms with Gasteiger partial charge in [-0.2, -0.15) is 0 Å². The molecule has 35 heavy (non-hydrogen) atoms. The van der Waals surface area contributed by atoms with E-state index in [-0.39, 0.29) is 12.3 Å². The lowest BCUT2D eigenvalue weighted by Gasteiger charge is -2.15. The molecule has 1 amide bonds. The van der Waals surface area contributed by atoms with Crippen LogP contribution in [0.1, 0.15) is 25.7 Å². The molecular weight excluding hydrogens is 452 g/mol. The first-order valence-electron chi connectivity index (χ1n) is 11.4. The zero-order chi connectivity index (χ0) is 24.5. The lowest BCUT2D eigenvalue weighted by Crippen LogP contribution is -2.17. The fourth-order valence-corrected chi connectivity index (χ4v) is 3.61. The molecule has 4 aromatic rings. The Kier molecular flexibility index (Phi) is 8.31. The first kappa shape index (κ1) is 24.2. The van der Waals surface area contributed by atoms with Crippen molar-refractivity contribution in [2.75, 3.05) is 32.2 Å². The monoisotopic (exact) mass is 480 g/mol. The highest BCUT2D eigenvalue weighted by molar-refractivity contribution is 5.93. The van der Waals surface area contributed by atoms with E-state index >= 15 is 0 Å². The number of unbranched alkanes of at least 4 members (excludes halogenated alkanes) is 2. The molecule has 0 aliphatic heterocycles. The SMILES string of the molecule is COCCOc1cc2ncnc(Nc3ccc4occc4c3)c2cc1OCCCCCC(=O)NO. The third-order valence-electron chi connectivity index (χ3n) is 5.39. The maximum absolute atomic E-state index is 11.1. The minimum atomic E-state index is -0.388. The van der Waals surface area contributed by atoms with Crippen molar-refractivity contribution in [2.45, 2.75) is 25.7 Å². The summed E-state index contributed by atoms with van der Waals surface area (Å²) in [6.45, 7) is 1.26. The van der Waals surface area contributed by atoms with E-state index in [4.69, 9.17) is 23.8 Å². The van der Waals surface area contributed by atoms with Crippen LogP contribution in [0.5, 0.6) is 11.5 Å². The Bertz CT molecular complexity index is 1280. The average Bonchev–Trinajstić information content (AvgIpc) is 3.34. The van der Waals surface area contributed by atoms with Gasteiger partial charge in [0.1, 0.15) is 24.3 Å². The molecular formula is C25H28N4O6. The van der Waals surface area contributed by atoms with Crippen molar-refractivity contribution in [3.63, 3.8) is 0 Å². The molecule has 4 rings (SSSR count). The van der Waals surface area contributed by atoms with Crippen LogP contribution in [0.15, 0.2) is 53.4 Å². The highest BCUT2D eigenvalue weighted by Crippen LogP contribution is 2.35. The summed E-state index contributed by atoms with van der Waals surface area (Å²) >= 11 is 0. The summed E-state index contributed by atoms with van der Waals surface area (Å²) in [6.07, 6.45) is 5.62. The number of hydrogen-bond acceptors (Lipinski definition) is 9. The van der Waals surface area contributed by atoms with Gasteiger partial charge >= 0.3 is 0 Å². The number of ether oxygens (including phenoxy) is 3. The number of carbonyl (C=O) groups excluding carboxylic acids is 1. The number of hydroxylamine groups is 1. The highest BCUT2D eigenvalue weighted by atomic mass is 16.5. The summed E-state index contributed by atoms with van der Waals surface area (Å²) in [5.74, 6) is 1.39. The molecule has 2 aromatic carbocycles. The van der Waals surface area contributed by atoms with Crippen LogP contribution < -0.4 is 20.3 Å². The molecule has 0 fully saturated rings. The molecule has 0 bridgehead atoms. The van der Waals surface area contributed by atoms with E-state index in [1.165, 1.54) is 6.33 Å². The van der Waals surface area contributed by atoms with Crippen LogP contribution in [0.3, 0.4) is 0 Å². The first-order valence-corrected chi connectivity index (χ1v) is 11.4. The number of carbonyl (C=O) groups is 1. The number of furan rings is 1. The molecule has 0 saturated carbocycles. The second-order valence-electron chi connectivity index (χ2n) is 7.87. The normalized spacial score (nSPS) is 11.0. The zero-order valence-electron chi connectivity index (χ0n) is 19.5. The second kappa shape index (κ2) is 12.0. The van der Waals surface area contributed by atoms with Gasteiger partial charge in [-0.25, -0.2) is 15.4 Å². The molecule has 0 aliphatic carbocycles. The minimum absolute atomic E-state index is 0.273. The van der Waals surface area contributed by atoms with E-state index in [0.29, 0.717) is 49.1 Å². The molecule has 3 N–H and O–H groups in total. The van der Waals surface area contributed by atoms with Gasteiger partial charge in [-0.15, -0.1) is 0 Å². The number of nitrogens with one attached hydrogen (secondary N) is 2. The molecule has 0 atom stereocenters. The average molecular weight is 481 g/mol. The molecule has 2 heterocycles. The van der Waals surface area contributed by atoms with E-state index in [2.05, 4.69) is 15.3 Å². The Balaban J connectivity index is 1.52.